The van der Waals surface area contributed by atoms with Crippen molar-refractivity contribution >= 4 is 127 Å². The van der Waals surface area contributed by atoms with Crippen molar-refractivity contribution in [3.8, 4) is 0 Å². The number of hydrogen-bond donors (Lipinski definition) is 0. The Morgan fingerprint density at radius 1 is 0.545 bits per heavy atom. The molecule has 0 bridgehead atoms. The molecule has 240 valence electrons. The Morgan fingerprint density at radius 3 is 1.18 bits per heavy atom. The van der Waals surface area contributed by atoms with Crippen LogP contribution in [0.3, 0.4) is 0 Å². The van der Waals surface area contributed by atoms with E-state index in [-0.39, 0.29) is 52.9 Å². The molecule has 4 rings (SSSR count). The average Bonchev–Trinajstić information content (AvgIpc) is 3.58. The molecule has 2 heterocycles. The molecule has 6 nitrogen and oxygen atoms in total. The fourth-order valence-electron chi connectivity index (χ4n) is 3.43. The van der Waals surface area contributed by atoms with E-state index < -0.39 is 20.2 Å². The van der Waals surface area contributed by atoms with Gasteiger partial charge in [-0.1, -0.05) is 0 Å². The van der Waals surface area contributed by atoms with E-state index in [4.69, 9.17) is 8.37 Å². The summed E-state index contributed by atoms with van der Waals surface area (Å²) in [6.07, 6.45) is 0. The molecule has 0 fully saturated rings. The van der Waals surface area contributed by atoms with E-state index in [0.717, 1.165) is 22.6 Å². The van der Waals surface area contributed by atoms with Crippen LogP contribution in [-0.4, -0.2) is 113 Å². The molecule has 0 saturated carbocycles. The molecule has 0 aromatic heterocycles. The second-order valence-corrected chi connectivity index (χ2v) is 30.4. The summed E-state index contributed by atoms with van der Waals surface area (Å²) in [7, 11) is -7.51. The maximum atomic E-state index is 12.6. The number of benzene rings is 2. The van der Waals surface area contributed by atoms with E-state index in [1.807, 2.05) is 37.4 Å². The predicted molar refractivity (Wildman–Crippen MR) is 194 cm³/mol. The monoisotopic (exact) mass is 976 g/mol. The summed E-state index contributed by atoms with van der Waals surface area (Å²) < 4.78 is 70.1. The molecule has 0 saturated heterocycles. The maximum absolute atomic E-state index is 12.6. The minimum absolute atomic E-state index is 0.151. The molecule has 0 spiro atoms. The zero-order chi connectivity index (χ0) is 31.7. The Kier molecular flexibility index (Phi) is 15.5. The standard InChI is InChI=1S/C28H32O6S6Se4/c1-5-35-23-25(37-17-15-33-39(29,30)21-11-7-19(3)8-12-21)43-27(41-23)28-42-24(36-6-2)26(44-28)38-18-16-34-40(31,32)22-13-9-20(4)10-14-22/h7-14H,5-6,15-18H2,1-4H3/b28-27+. The van der Waals surface area contributed by atoms with Crippen LogP contribution < -0.4 is 0 Å². The van der Waals surface area contributed by atoms with E-state index in [1.165, 1.54) is 15.2 Å². The molecule has 0 aliphatic carbocycles. The van der Waals surface area contributed by atoms with Crippen LogP contribution in [0.2, 0.25) is 0 Å². The Hall–Kier alpha value is 0.958. The van der Waals surface area contributed by atoms with E-state index in [2.05, 4.69) is 13.8 Å². The van der Waals surface area contributed by atoms with E-state index in [0.29, 0.717) is 41.4 Å². The van der Waals surface area contributed by atoms with Crippen molar-refractivity contribution in [2.45, 2.75) is 37.5 Å². The molecule has 0 radical (unpaired) electrons. The molecular formula is C28H32O6S6Se4. The van der Waals surface area contributed by atoms with Crippen LogP contribution in [0.4, 0.5) is 0 Å². The first-order chi connectivity index (χ1) is 21.0. The Balaban J connectivity index is 1.31. The zero-order valence-electron chi connectivity index (χ0n) is 24.4. The van der Waals surface area contributed by atoms with Gasteiger partial charge in [0.05, 0.1) is 0 Å². The van der Waals surface area contributed by atoms with Crippen LogP contribution in [-0.2, 0) is 28.6 Å². The van der Waals surface area contributed by atoms with Crippen molar-refractivity contribution < 1.29 is 25.2 Å². The second kappa shape index (κ2) is 18.1. The summed E-state index contributed by atoms with van der Waals surface area (Å²) in [6, 6.07) is 13.5. The van der Waals surface area contributed by atoms with Crippen LogP contribution in [0.5, 0.6) is 0 Å². The van der Waals surface area contributed by atoms with Gasteiger partial charge in [-0.2, -0.15) is 0 Å². The zero-order valence-corrected chi connectivity index (χ0v) is 36.1. The summed E-state index contributed by atoms with van der Waals surface area (Å²) >= 11 is 8.55. The molecule has 0 amide bonds. The van der Waals surface area contributed by atoms with Gasteiger partial charge < -0.3 is 0 Å². The van der Waals surface area contributed by atoms with Gasteiger partial charge >= 0.3 is 308 Å². The predicted octanol–water partition coefficient (Wildman–Crippen LogP) is 5.61. The van der Waals surface area contributed by atoms with Gasteiger partial charge in [-0.25, -0.2) is 0 Å². The molecule has 2 aliphatic heterocycles. The quantitative estimate of drug-likeness (QED) is 0.120. The first-order valence-electron chi connectivity index (χ1n) is 13.4. The van der Waals surface area contributed by atoms with Gasteiger partial charge in [-0.3, -0.25) is 0 Å². The van der Waals surface area contributed by atoms with Gasteiger partial charge in [0, 0.05) is 0 Å². The van der Waals surface area contributed by atoms with Crippen molar-refractivity contribution in [1.29, 1.82) is 0 Å². The first-order valence-corrected chi connectivity index (χ1v) is 27.0. The average molecular weight is 973 g/mol. The summed E-state index contributed by atoms with van der Waals surface area (Å²) in [5.74, 6) is 3.26. The summed E-state index contributed by atoms with van der Waals surface area (Å²) in [6.45, 7) is 8.52. The second-order valence-electron chi connectivity index (χ2n) is 8.87. The van der Waals surface area contributed by atoms with Crippen molar-refractivity contribution in [3.05, 3.63) is 81.6 Å². The molecule has 44 heavy (non-hydrogen) atoms. The Bertz CT molecular complexity index is 1500. The summed E-state index contributed by atoms with van der Waals surface area (Å²) in [4.78, 5) is 0.393. The Morgan fingerprint density at radius 2 is 0.864 bits per heavy atom. The van der Waals surface area contributed by atoms with E-state index in [9.17, 15) is 16.8 Å². The third kappa shape index (κ3) is 11.0. The van der Waals surface area contributed by atoms with Gasteiger partial charge in [0.15, 0.2) is 0 Å². The number of rotatable bonds is 16. The molecular weight excluding hydrogens is 941 g/mol. The Labute approximate surface area is 304 Å². The molecule has 2 aliphatic rings. The van der Waals surface area contributed by atoms with Crippen LogP contribution in [0.15, 0.2) is 80.3 Å². The third-order valence-electron chi connectivity index (χ3n) is 5.52. The summed E-state index contributed by atoms with van der Waals surface area (Å²) in [5, 5.41) is 0. The third-order valence-corrected chi connectivity index (χ3v) is 31.6. The van der Waals surface area contributed by atoms with Crippen molar-refractivity contribution in [1.82, 2.24) is 0 Å². The molecule has 2 aromatic rings. The van der Waals surface area contributed by atoms with Gasteiger partial charge in [-0.05, 0) is 0 Å². The minimum atomic E-state index is -3.75. The molecule has 2 aromatic carbocycles. The normalized spacial score (nSPS) is 17.7. The van der Waals surface area contributed by atoms with Crippen LogP contribution in [0.25, 0.3) is 0 Å². The van der Waals surface area contributed by atoms with Crippen LogP contribution >= 0.6 is 47.0 Å². The van der Waals surface area contributed by atoms with Gasteiger partial charge in [0.1, 0.15) is 0 Å². The summed E-state index contributed by atoms with van der Waals surface area (Å²) in [5.41, 5.74) is 2.01. The number of hydrogen-bond acceptors (Lipinski definition) is 10. The van der Waals surface area contributed by atoms with E-state index in [1.54, 1.807) is 78.8 Å². The number of thioether (sulfide) groups is 4. The first kappa shape index (κ1) is 37.8. The van der Waals surface area contributed by atoms with Crippen molar-refractivity contribution in [3.63, 3.8) is 0 Å². The fourth-order valence-corrected chi connectivity index (χ4v) is 31.7. The van der Waals surface area contributed by atoms with Crippen LogP contribution in [0.1, 0.15) is 25.0 Å². The van der Waals surface area contributed by atoms with Gasteiger partial charge in [0.25, 0.3) is 0 Å². The number of aryl methyl sites for hydroxylation is 2. The van der Waals surface area contributed by atoms with Crippen molar-refractivity contribution in [2.75, 3.05) is 36.2 Å². The molecule has 0 atom stereocenters. The van der Waals surface area contributed by atoms with Gasteiger partial charge in [0.2, 0.25) is 0 Å². The fraction of sp³-hybridized carbons (Fsp3) is 0.357. The SMILES string of the molecule is CCSC1=C(SCCOS(=O)(=O)c2ccc(C)cc2)[Se]/C(=C2\[Se]C(SCC)=C(SCCOS(=O)(=O)c3ccc(C)cc3)[Se]2)[Se]1. The van der Waals surface area contributed by atoms with Gasteiger partial charge in [-0.15, -0.1) is 0 Å². The molecule has 0 unspecified atom stereocenters. The van der Waals surface area contributed by atoms with Crippen LogP contribution in [0, 0.1) is 13.8 Å². The van der Waals surface area contributed by atoms with E-state index >= 15 is 0 Å². The van der Waals surface area contributed by atoms with Crippen molar-refractivity contribution in [2.24, 2.45) is 0 Å². The molecule has 0 N–H and O–H groups in total. The molecule has 16 heteroatoms. The topological polar surface area (TPSA) is 86.7 Å².